The summed E-state index contributed by atoms with van der Waals surface area (Å²) in [5.41, 5.74) is 0.956. The lowest BCUT2D eigenvalue weighted by Crippen LogP contribution is -2.30. The molecule has 0 radical (unpaired) electrons. The molecule has 7 heteroatoms. The van der Waals surface area contributed by atoms with E-state index in [-0.39, 0.29) is 0 Å². The summed E-state index contributed by atoms with van der Waals surface area (Å²) >= 11 is 5.11. The highest BCUT2D eigenvalue weighted by Gasteiger charge is 2.14. The fourth-order valence-corrected chi connectivity index (χ4v) is 2.09. The maximum Gasteiger partial charge on any atom is 0.306 e. The highest BCUT2D eigenvalue weighted by Crippen LogP contribution is 2.21. The van der Waals surface area contributed by atoms with Gasteiger partial charge in [0.05, 0.1) is 4.92 Å². The fourth-order valence-electron chi connectivity index (χ4n) is 1.87. The smallest absolute Gasteiger partial charge is 0.306 e. The molecule has 0 amide bonds. The summed E-state index contributed by atoms with van der Waals surface area (Å²) in [5.74, 6) is -0.876. The highest BCUT2D eigenvalue weighted by atomic mass is 32.1. The van der Waals surface area contributed by atoms with Crippen molar-refractivity contribution in [2.45, 2.75) is 6.42 Å². The number of halogens is 1. The molecule has 0 bridgehead atoms. The zero-order valence-corrected chi connectivity index (χ0v) is 12.4. The first kappa shape index (κ1) is 15.8. The summed E-state index contributed by atoms with van der Waals surface area (Å²) < 4.78 is 13.2. The molecule has 0 aliphatic heterocycles. The van der Waals surface area contributed by atoms with Crippen LogP contribution in [-0.2, 0) is 6.42 Å². The van der Waals surface area contributed by atoms with Crippen LogP contribution in [0.5, 0.6) is 0 Å². The Morgan fingerprint density at radius 3 is 2.64 bits per heavy atom. The second-order valence-electron chi connectivity index (χ2n) is 4.54. The second-order valence-corrected chi connectivity index (χ2v) is 4.95. The predicted octanol–water partition coefficient (Wildman–Crippen LogP) is 3.26. The van der Waals surface area contributed by atoms with E-state index in [1.54, 1.807) is 0 Å². The molecule has 0 aliphatic carbocycles. The number of hydrogen-bond donors (Lipinski definition) is 2. The number of nitro benzene ring substituents is 1. The van der Waals surface area contributed by atoms with Crippen molar-refractivity contribution in [2.75, 3.05) is 11.9 Å². The van der Waals surface area contributed by atoms with Gasteiger partial charge < -0.3 is 10.6 Å². The zero-order chi connectivity index (χ0) is 15.9. The molecule has 22 heavy (non-hydrogen) atoms. The van der Waals surface area contributed by atoms with Gasteiger partial charge in [-0.3, -0.25) is 10.1 Å². The van der Waals surface area contributed by atoms with Crippen molar-refractivity contribution in [1.29, 1.82) is 0 Å². The maximum absolute atomic E-state index is 13.2. The lowest BCUT2D eigenvalue weighted by Gasteiger charge is -2.10. The minimum atomic E-state index is -0.876. The molecule has 0 atom stereocenters. The number of rotatable bonds is 5. The predicted molar refractivity (Wildman–Crippen MR) is 87.4 cm³/mol. The molecular formula is C15H14FN3O2S. The third-order valence-electron chi connectivity index (χ3n) is 2.94. The monoisotopic (exact) mass is 319 g/mol. The molecule has 2 N–H and O–H groups in total. The molecular weight excluding hydrogens is 305 g/mol. The number of anilines is 1. The molecule has 2 aromatic carbocycles. The molecule has 0 spiro atoms. The maximum atomic E-state index is 13.2. The van der Waals surface area contributed by atoms with Gasteiger partial charge in [-0.15, -0.1) is 0 Å². The molecule has 2 rings (SSSR count). The van der Waals surface area contributed by atoms with Crippen LogP contribution < -0.4 is 10.6 Å². The number of nitro groups is 1. The van der Waals surface area contributed by atoms with Crippen LogP contribution >= 0.6 is 12.2 Å². The average molecular weight is 319 g/mol. The summed E-state index contributed by atoms with van der Waals surface area (Å²) in [6, 6.07) is 13.4. The Hall–Kier alpha value is -2.54. The summed E-state index contributed by atoms with van der Waals surface area (Å²) in [6.07, 6.45) is 0.798. The standard InChI is InChI=1S/C15H14FN3O2S/c16-13-7-6-12(10-14(13)19(20)21)18-15(22)17-9-8-11-4-2-1-3-5-11/h1-7,10H,8-9H2,(H2,17,18,22). The van der Waals surface area contributed by atoms with E-state index in [4.69, 9.17) is 12.2 Å². The van der Waals surface area contributed by atoms with Gasteiger partial charge >= 0.3 is 5.69 Å². The van der Waals surface area contributed by atoms with Gasteiger partial charge in [0.25, 0.3) is 0 Å². The van der Waals surface area contributed by atoms with Gasteiger partial charge in [0.15, 0.2) is 5.11 Å². The van der Waals surface area contributed by atoms with E-state index in [0.29, 0.717) is 17.3 Å². The molecule has 0 heterocycles. The Bertz CT molecular complexity index is 680. The van der Waals surface area contributed by atoms with Crippen LogP contribution in [-0.4, -0.2) is 16.6 Å². The molecule has 0 aromatic heterocycles. The first-order valence-corrected chi connectivity index (χ1v) is 7.00. The van der Waals surface area contributed by atoms with E-state index in [1.165, 1.54) is 11.6 Å². The molecule has 2 aromatic rings. The van der Waals surface area contributed by atoms with Crippen LogP contribution in [0, 0.1) is 15.9 Å². The second kappa shape index (κ2) is 7.46. The Labute approximate surface area is 132 Å². The third kappa shape index (κ3) is 4.49. The number of nitrogens with zero attached hydrogens (tertiary/aromatic N) is 1. The molecule has 0 fully saturated rings. The number of thiocarbonyl (C=S) groups is 1. The van der Waals surface area contributed by atoms with E-state index in [2.05, 4.69) is 10.6 Å². The van der Waals surface area contributed by atoms with Gasteiger partial charge in [-0.2, -0.15) is 4.39 Å². The summed E-state index contributed by atoms with van der Waals surface area (Å²) in [5, 5.41) is 16.8. The first-order chi connectivity index (χ1) is 10.6. The Morgan fingerprint density at radius 1 is 1.23 bits per heavy atom. The van der Waals surface area contributed by atoms with Crippen LogP contribution in [0.3, 0.4) is 0 Å². The van der Waals surface area contributed by atoms with Crippen LogP contribution in [0.15, 0.2) is 48.5 Å². The van der Waals surface area contributed by atoms with Gasteiger partial charge in [-0.25, -0.2) is 0 Å². The van der Waals surface area contributed by atoms with Crippen LogP contribution in [0.2, 0.25) is 0 Å². The van der Waals surface area contributed by atoms with E-state index < -0.39 is 16.4 Å². The van der Waals surface area contributed by atoms with Crippen molar-refractivity contribution < 1.29 is 9.31 Å². The van der Waals surface area contributed by atoms with Gasteiger partial charge in [0.1, 0.15) is 0 Å². The van der Waals surface area contributed by atoms with Gasteiger partial charge in [0, 0.05) is 18.3 Å². The van der Waals surface area contributed by atoms with Crippen molar-refractivity contribution in [2.24, 2.45) is 0 Å². The quantitative estimate of drug-likeness (QED) is 0.503. The van der Waals surface area contributed by atoms with Gasteiger partial charge in [-0.1, -0.05) is 30.3 Å². The lowest BCUT2D eigenvalue weighted by atomic mass is 10.1. The first-order valence-electron chi connectivity index (χ1n) is 6.59. The number of hydrogen-bond acceptors (Lipinski definition) is 3. The Balaban J connectivity index is 1.87. The van der Waals surface area contributed by atoms with E-state index in [0.717, 1.165) is 18.6 Å². The Morgan fingerprint density at radius 2 is 1.95 bits per heavy atom. The molecule has 0 saturated heterocycles. The van der Waals surface area contributed by atoms with Crippen molar-refractivity contribution in [1.82, 2.24) is 5.32 Å². The minimum absolute atomic E-state index is 0.330. The van der Waals surface area contributed by atoms with E-state index >= 15 is 0 Å². The van der Waals surface area contributed by atoms with Gasteiger partial charge in [-0.05, 0) is 36.3 Å². The fraction of sp³-hybridized carbons (Fsp3) is 0.133. The topological polar surface area (TPSA) is 67.2 Å². The molecule has 0 unspecified atom stereocenters. The Kier molecular flexibility index (Phi) is 5.37. The molecule has 0 aliphatic rings. The van der Waals surface area contributed by atoms with Crippen molar-refractivity contribution in [3.63, 3.8) is 0 Å². The number of benzene rings is 2. The van der Waals surface area contributed by atoms with Crippen LogP contribution in [0.25, 0.3) is 0 Å². The van der Waals surface area contributed by atoms with Crippen molar-refractivity contribution in [3.05, 3.63) is 70.0 Å². The summed E-state index contributed by atoms with van der Waals surface area (Å²) in [4.78, 5) is 9.91. The largest absolute Gasteiger partial charge is 0.362 e. The molecule has 5 nitrogen and oxygen atoms in total. The van der Waals surface area contributed by atoms with E-state index in [1.807, 2.05) is 30.3 Å². The molecule has 0 saturated carbocycles. The van der Waals surface area contributed by atoms with E-state index in [9.17, 15) is 14.5 Å². The normalized spacial score (nSPS) is 10.0. The van der Waals surface area contributed by atoms with Gasteiger partial charge in [0.2, 0.25) is 5.82 Å². The van der Waals surface area contributed by atoms with Crippen molar-refractivity contribution >= 4 is 28.7 Å². The number of nitrogens with one attached hydrogen (secondary N) is 2. The summed E-state index contributed by atoms with van der Waals surface area (Å²) in [7, 11) is 0. The highest BCUT2D eigenvalue weighted by molar-refractivity contribution is 7.80. The lowest BCUT2D eigenvalue weighted by molar-refractivity contribution is -0.387. The van der Waals surface area contributed by atoms with Crippen LogP contribution in [0.1, 0.15) is 5.56 Å². The van der Waals surface area contributed by atoms with Crippen molar-refractivity contribution in [3.8, 4) is 0 Å². The van der Waals surface area contributed by atoms with Crippen LogP contribution in [0.4, 0.5) is 15.8 Å². The average Bonchev–Trinajstić information content (AvgIpc) is 2.50. The minimum Gasteiger partial charge on any atom is -0.362 e. The molecule has 114 valence electrons. The third-order valence-corrected chi connectivity index (χ3v) is 3.19. The SMILES string of the molecule is O=[N+]([O-])c1cc(NC(=S)NCCc2ccccc2)ccc1F. The zero-order valence-electron chi connectivity index (χ0n) is 11.6. The summed E-state index contributed by atoms with van der Waals surface area (Å²) in [6.45, 7) is 0.624.